The van der Waals surface area contributed by atoms with Gasteiger partial charge in [0.1, 0.15) is 5.01 Å². The van der Waals surface area contributed by atoms with Crippen LogP contribution in [0.15, 0.2) is 29.6 Å². The zero-order chi connectivity index (χ0) is 16.9. The molecule has 0 atom stereocenters. The summed E-state index contributed by atoms with van der Waals surface area (Å²) in [5.74, 6) is -0.0409. The molecule has 2 N–H and O–H groups in total. The number of likely N-dealkylation sites (tertiary alicyclic amines) is 1. The fraction of sp³-hybridized carbons (Fsp3) is 0.444. The molecule has 128 valence electrons. The SMILES string of the molecule is Cc1ccc(NC(=O)Cc2nc(CN3CCC(O)CC3)cs2)cc1. The predicted molar refractivity (Wildman–Crippen MR) is 96.1 cm³/mol. The van der Waals surface area contributed by atoms with Gasteiger partial charge in [0.05, 0.1) is 18.2 Å². The van der Waals surface area contributed by atoms with Crippen LogP contribution in [0.4, 0.5) is 5.69 Å². The second kappa shape index (κ2) is 7.88. The normalized spacial score (nSPS) is 16.2. The number of thiazole rings is 1. The summed E-state index contributed by atoms with van der Waals surface area (Å²) >= 11 is 1.53. The van der Waals surface area contributed by atoms with Gasteiger partial charge in [-0.1, -0.05) is 17.7 Å². The lowest BCUT2D eigenvalue weighted by atomic mass is 10.1. The number of nitrogens with one attached hydrogen (secondary N) is 1. The molecule has 0 radical (unpaired) electrons. The number of piperidine rings is 1. The number of aliphatic hydroxyl groups excluding tert-OH is 1. The molecule has 1 aromatic carbocycles. The Morgan fingerprint density at radius 1 is 1.33 bits per heavy atom. The molecular weight excluding hydrogens is 322 g/mol. The molecule has 1 amide bonds. The standard InChI is InChI=1S/C18H23N3O2S/c1-13-2-4-14(5-3-13)19-17(23)10-18-20-15(12-24-18)11-21-8-6-16(22)7-9-21/h2-5,12,16,22H,6-11H2,1H3,(H,19,23). The highest BCUT2D eigenvalue weighted by atomic mass is 32.1. The lowest BCUT2D eigenvalue weighted by molar-refractivity contribution is -0.115. The molecule has 0 unspecified atom stereocenters. The van der Waals surface area contributed by atoms with Gasteiger partial charge in [0, 0.05) is 30.7 Å². The molecule has 1 aromatic heterocycles. The van der Waals surface area contributed by atoms with Crippen molar-refractivity contribution in [2.45, 2.75) is 38.8 Å². The molecule has 24 heavy (non-hydrogen) atoms. The molecule has 2 heterocycles. The smallest absolute Gasteiger partial charge is 0.231 e. The highest BCUT2D eigenvalue weighted by Gasteiger charge is 2.18. The number of amides is 1. The molecule has 5 nitrogen and oxygen atoms in total. The number of nitrogens with zero attached hydrogens (tertiary/aromatic N) is 2. The van der Waals surface area contributed by atoms with E-state index in [1.54, 1.807) is 0 Å². The maximum Gasteiger partial charge on any atom is 0.231 e. The average molecular weight is 345 g/mol. The van der Waals surface area contributed by atoms with Crippen LogP contribution in [0.25, 0.3) is 0 Å². The lowest BCUT2D eigenvalue weighted by Gasteiger charge is -2.28. The van der Waals surface area contributed by atoms with Crippen molar-refractivity contribution in [3.63, 3.8) is 0 Å². The summed E-state index contributed by atoms with van der Waals surface area (Å²) in [5.41, 5.74) is 2.99. The fourth-order valence-corrected chi connectivity index (χ4v) is 3.57. The summed E-state index contributed by atoms with van der Waals surface area (Å²) in [7, 11) is 0. The summed E-state index contributed by atoms with van der Waals surface area (Å²) < 4.78 is 0. The molecule has 1 aliphatic heterocycles. The van der Waals surface area contributed by atoms with Crippen molar-refractivity contribution in [2.24, 2.45) is 0 Å². The Labute approximate surface area is 146 Å². The zero-order valence-corrected chi connectivity index (χ0v) is 14.7. The summed E-state index contributed by atoms with van der Waals surface area (Å²) in [5, 5.41) is 15.3. The second-order valence-corrected chi connectivity index (χ2v) is 7.27. The van der Waals surface area contributed by atoms with E-state index in [1.807, 2.05) is 36.6 Å². The van der Waals surface area contributed by atoms with Crippen molar-refractivity contribution < 1.29 is 9.90 Å². The zero-order valence-electron chi connectivity index (χ0n) is 13.9. The van der Waals surface area contributed by atoms with E-state index < -0.39 is 0 Å². The van der Waals surface area contributed by atoms with E-state index >= 15 is 0 Å². The Balaban J connectivity index is 1.50. The molecule has 2 aromatic rings. The number of hydrogen-bond acceptors (Lipinski definition) is 5. The second-order valence-electron chi connectivity index (χ2n) is 6.33. The van der Waals surface area contributed by atoms with Gasteiger partial charge in [0.15, 0.2) is 0 Å². The minimum Gasteiger partial charge on any atom is -0.393 e. The highest BCUT2D eigenvalue weighted by Crippen LogP contribution is 2.17. The van der Waals surface area contributed by atoms with Crippen LogP contribution in [0.3, 0.4) is 0 Å². The van der Waals surface area contributed by atoms with E-state index in [2.05, 4.69) is 15.2 Å². The van der Waals surface area contributed by atoms with Gasteiger partial charge in [-0.15, -0.1) is 11.3 Å². The first-order chi connectivity index (χ1) is 11.6. The van der Waals surface area contributed by atoms with Crippen molar-refractivity contribution in [1.82, 2.24) is 9.88 Å². The Kier molecular flexibility index (Phi) is 5.60. The van der Waals surface area contributed by atoms with Crippen LogP contribution in [-0.2, 0) is 17.8 Å². The van der Waals surface area contributed by atoms with E-state index in [9.17, 15) is 9.90 Å². The minimum absolute atomic E-state index is 0.0409. The Bertz CT molecular complexity index is 676. The molecule has 3 rings (SSSR count). The minimum atomic E-state index is -0.155. The molecule has 1 saturated heterocycles. The first-order valence-corrected chi connectivity index (χ1v) is 9.16. The van der Waals surface area contributed by atoms with E-state index in [0.29, 0.717) is 6.42 Å². The van der Waals surface area contributed by atoms with Gasteiger partial charge in [0.2, 0.25) is 5.91 Å². The summed E-state index contributed by atoms with van der Waals surface area (Å²) in [6.45, 7) is 4.62. The molecule has 0 saturated carbocycles. The summed E-state index contributed by atoms with van der Waals surface area (Å²) in [4.78, 5) is 19.0. The average Bonchev–Trinajstić information content (AvgIpc) is 2.99. The van der Waals surface area contributed by atoms with E-state index in [1.165, 1.54) is 16.9 Å². The quantitative estimate of drug-likeness (QED) is 0.874. The van der Waals surface area contributed by atoms with E-state index in [4.69, 9.17) is 0 Å². The monoisotopic (exact) mass is 345 g/mol. The third-order valence-corrected chi connectivity index (χ3v) is 5.09. The number of aromatic nitrogens is 1. The van der Waals surface area contributed by atoms with Crippen LogP contribution >= 0.6 is 11.3 Å². The van der Waals surface area contributed by atoms with Crippen molar-refractivity contribution in [3.8, 4) is 0 Å². The van der Waals surface area contributed by atoms with Gasteiger partial charge in [0.25, 0.3) is 0 Å². The largest absolute Gasteiger partial charge is 0.393 e. The Morgan fingerprint density at radius 3 is 2.75 bits per heavy atom. The number of carbonyl (C=O) groups excluding carboxylic acids is 1. The highest BCUT2D eigenvalue weighted by molar-refractivity contribution is 7.09. The number of anilines is 1. The molecule has 0 aliphatic carbocycles. The van der Waals surface area contributed by atoms with Crippen LogP contribution in [0.1, 0.15) is 29.1 Å². The van der Waals surface area contributed by atoms with Gasteiger partial charge in [-0.25, -0.2) is 4.98 Å². The Morgan fingerprint density at radius 2 is 2.04 bits per heavy atom. The maximum absolute atomic E-state index is 12.1. The topological polar surface area (TPSA) is 65.5 Å². The Hall–Kier alpha value is -1.76. The van der Waals surface area contributed by atoms with Crippen molar-refractivity contribution >= 4 is 22.9 Å². The molecular formula is C18H23N3O2S. The van der Waals surface area contributed by atoms with Gasteiger partial charge in [-0.05, 0) is 31.9 Å². The van der Waals surface area contributed by atoms with Crippen molar-refractivity contribution in [2.75, 3.05) is 18.4 Å². The lowest BCUT2D eigenvalue weighted by Crippen LogP contribution is -2.35. The molecule has 1 aliphatic rings. The third-order valence-electron chi connectivity index (χ3n) is 4.19. The van der Waals surface area contributed by atoms with Crippen molar-refractivity contribution in [1.29, 1.82) is 0 Å². The van der Waals surface area contributed by atoms with Crippen LogP contribution < -0.4 is 5.32 Å². The third kappa shape index (κ3) is 4.87. The number of rotatable bonds is 5. The number of aryl methyl sites for hydroxylation is 1. The van der Waals surface area contributed by atoms with Gasteiger partial charge in [-0.3, -0.25) is 9.69 Å². The summed E-state index contributed by atoms with van der Waals surface area (Å²) in [6.07, 6.45) is 1.81. The fourth-order valence-electron chi connectivity index (χ4n) is 2.79. The molecule has 0 spiro atoms. The summed E-state index contributed by atoms with van der Waals surface area (Å²) in [6, 6.07) is 7.77. The number of carbonyl (C=O) groups is 1. The molecule has 6 heteroatoms. The van der Waals surface area contributed by atoms with Gasteiger partial charge in [-0.2, -0.15) is 0 Å². The number of hydrogen-bond donors (Lipinski definition) is 2. The first kappa shape index (κ1) is 17.1. The van der Waals surface area contributed by atoms with E-state index in [-0.39, 0.29) is 12.0 Å². The van der Waals surface area contributed by atoms with Crippen LogP contribution in [0.5, 0.6) is 0 Å². The number of benzene rings is 1. The van der Waals surface area contributed by atoms with Crippen LogP contribution in [0.2, 0.25) is 0 Å². The van der Waals surface area contributed by atoms with Gasteiger partial charge < -0.3 is 10.4 Å². The molecule has 0 bridgehead atoms. The van der Waals surface area contributed by atoms with Gasteiger partial charge >= 0.3 is 0 Å². The molecule has 1 fully saturated rings. The van der Waals surface area contributed by atoms with Crippen LogP contribution in [0, 0.1) is 6.92 Å². The van der Waals surface area contributed by atoms with Crippen LogP contribution in [-0.4, -0.2) is 40.1 Å². The first-order valence-electron chi connectivity index (χ1n) is 8.29. The maximum atomic E-state index is 12.1. The predicted octanol–water partition coefficient (Wildman–Crippen LogP) is 2.59. The number of aliphatic hydroxyl groups is 1. The van der Waals surface area contributed by atoms with E-state index in [0.717, 1.165) is 48.9 Å². The van der Waals surface area contributed by atoms with Crippen molar-refractivity contribution in [3.05, 3.63) is 45.9 Å².